The number of carbonyl (C=O) groups excluding carboxylic acids is 1. The standard InChI is InChI=1S/C14H20N2O3/c1-2-12(17)11-5-3-4-6-13(11)19-10-9-16-8-7-15-14(16)18/h3-6,12,17H,2,7-10H2,1H3,(H,15,18)/t12-/m1/s1. The molecule has 19 heavy (non-hydrogen) atoms. The Kier molecular flexibility index (Phi) is 4.63. The zero-order valence-corrected chi connectivity index (χ0v) is 11.1. The summed E-state index contributed by atoms with van der Waals surface area (Å²) in [6, 6.07) is 7.44. The van der Waals surface area contributed by atoms with Crippen LogP contribution in [0, 0.1) is 0 Å². The average molecular weight is 264 g/mol. The van der Waals surface area contributed by atoms with Crippen molar-refractivity contribution in [3.8, 4) is 5.75 Å². The van der Waals surface area contributed by atoms with E-state index < -0.39 is 6.10 Å². The fourth-order valence-electron chi connectivity index (χ4n) is 2.10. The van der Waals surface area contributed by atoms with Crippen molar-refractivity contribution in [3.63, 3.8) is 0 Å². The first-order valence-corrected chi connectivity index (χ1v) is 6.65. The summed E-state index contributed by atoms with van der Waals surface area (Å²) in [5.74, 6) is 0.691. The van der Waals surface area contributed by atoms with Gasteiger partial charge in [0.15, 0.2) is 0 Å². The van der Waals surface area contributed by atoms with Gasteiger partial charge < -0.3 is 20.1 Å². The van der Waals surface area contributed by atoms with Crippen LogP contribution in [0.25, 0.3) is 0 Å². The third-order valence-electron chi connectivity index (χ3n) is 3.23. The molecule has 1 heterocycles. The summed E-state index contributed by atoms with van der Waals surface area (Å²) >= 11 is 0. The van der Waals surface area contributed by atoms with Crippen LogP contribution in [0.1, 0.15) is 25.0 Å². The van der Waals surface area contributed by atoms with Gasteiger partial charge in [-0.25, -0.2) is 4.79 Å². The number of amides is 2. The number of nitrogens with one attached hydrogen (secondary N) is 1. The Balaban J connectivity index is 1.90. The van der Waals surface area contributed by atoms with Gasteiger partial charge in [0.05, 0.1) is 12.6 Å². The number of benzene rings is 1. The van der Waals surface area contributed by atoms with Gasteiger partial charge in [0, 0.05) is 18.7 Å². The molecule has 5 heteroatoms. The van der Waals surface area contributed by atoms with Crippen molar-refractivity contribution >= 4 is 6.03 Å². The Morgan fingerprint density at radius 2 is 2.26 bits per heavy atom. The summed E-state index contributed by atoms with van der Waals surface area (Å²) in [5, 5.41) is 12.7. The Hall–Kier alpha value is -1.75. The van der Waals surface area contributed by atoms with E-state index in [4.69, 9.17) is 4.74 Å². The number of para-hydroxylation sites is 1. The Bertz CT molecular complexity index is 436. The van der Waals surface area contributed by atoms with Crippen molar-refractivity contribution in [1.29, 1.82) is 0 Å². The lowest BCUT2D eigenvalue weighted by Crippen LogP contribution is -2.31. The van der Waals surface area contributed by atoms with Crippen LogP contribution < -0.4 is 10.1 Å². The number of hydrogen-bond donors (Lipinski definition) is 2. The van der Waals surface area contributed by atoms with E-state index in [0.717, 1.165) is 12.1 Å². The predicted octanol–water partition coefficient (Wildman–Crippen LogP) is 1.53. The molecule has 0 unspecified atom stereocenters. The first-order chi connectivity index (χ1) is 9.22. The molecule has 0 bridgehead atoms. The lowest BCUT2D eigenvalue weighted by molar-refractivity contribution is 0.164. The number of rotatable bonds is 6. The van der Waals surface area contributed by atoms with E-state index in [1.54, 1.807) is 4.90 Å². The van der Waals surface area contributed by atoms with Crippen LogP contribution >= 0.6 is 0 Å². The molecule has 2 amide bonds. The van der Waals surface area contributed by atoms with Gasteiger partial charge in [0.25, 0.3) is 0 Å². The van der Waals surface area contributed by atoms with E-state index in [9.17, 15) is 9.90 Å². The summed E-state index contributed by atoms with van der Waals surface area (Å²) in [6.07, 6.45) is 0.140. The lowest BCUT2D eigenvalue weighted by Gasteiger charge is -2.17. The largest absolute Gasteiger partial charge is 0.491 e. The normalized spacial score (nSPS) is 16.3. The molecule has 0 aliphatic carbocycles. The highest BCUT2D eigenvalue weighted by Gasteiger charge is 2.19. The third kappa shape index (κ3) is 3.38. The molecule has 1 fully saturated rings. The molecule has 1 saturated heterocycles. The minimum absolute atomic E-state index is 0.0366. The maximum absolute atomic E-state index is 11.4. The van der Waals surface area contributed by atoms with E-state index in [-0.39, 0.29) is 6.03 Å². The van der Waals surface area contributed by atoms with Crippen LogP contribution in [-0.2, 0) is 0 Å². The maximum atomic E-state index is 11.4. The molecule has 1 aliphatic rings. The average Bonchev–Trinajstić information content (AvgIpc) is 2.84. The predicted molar refractivity (Wildman–Crippen MR) is 72.2 cm³/mol. The minimum Gasteiger partial charge on any atom is -0.491 e. The van der Waals surface area contributed by atoms with E-state index in [2.05, 4.69) is 5.32 Å². The topological polar surface area (TPSA) is 61.8 Å². The van der Waals surface area contributed by atoms with E-state index in [1.165, 1.54) is 0 Å². The molecule has 0 saturated carbocycles. The van der Waals surface area contributed by atoms with E-state index >= 15 is 0 Å². The van der Waals surface area contributed by atoms with Crippen LogP contribution in [0.15, 0.2) is 24.3 Å². The summed E-state index contributed by atoms with van der Waals surface area (Å²) in [4.78, 5) is 13.1. The molecule has 1 aromatic rings. The first kappa shape index (κ1) is 13.7. The molecule has 2 rings (SSSR count). The molecular formula is C14H20N2O3. The van der Waals surface area contributed by atoms with Crippen molar-refractivity contribution in [3.05, 3.63) is 29.8 Å². The van der Waals surface area contributed by atoms with Crippen molar-refractivity contribution in [2.75, 3.05) is 26.2 Å². The maximum Gasteiger partial charge on any atom is 0.317 e. The fourth-order valence-corrected chi connectivity index (χ4v) is 2.10. The Labute approximate surface area is 113 Å². The summed E-state index contributed by atoms with van der Waals surface area (Å²) in [5.41, 5.74) is 0.802. The van der Waals surface area contributed by atoms with Crippen molar-refractivity contribution in [2.24, 2.45) is 0 Å². The Morgan fingerprint density at radius 3 is 2.95 bits per heavy atom. The molecule has 1 atom stereocenters. The number of aliphatic hydroxyl groups excluding tert-OH is 1. The zero-order chi connectivity index (χ0) is 13.7. The lowest BCUT2D eigenvalue weighted by atomic mass is 10.1. The van der Waals surface area contributed by atoms with Gasteiger partial charge in [-0.2, -0.15) is 0 Å². The molecule has 1 aliphatic heterocycles. The number of urea groups is 1. The van der Waals surface area contributed by atoms with Gasteiger partial charge in [0.2, 0.25) is 0 Å². The van der Waals surface area contributed by atoms with E-state index in [0.29, 0.717) is 31.9 Å². The Morgan fingerprint density at radius 1 is 1.47 bits per heavy atom. The van der Waals surface area contributed by atoms with Crippen LogP contribution in [-0.4, -0.2) is 42.3 Å². The van der Waals surface area contributed by atoms with Crippen LogP contribution in [0.3, 0.4) is 0 Å². The number of aliphatic hydroxyl groups is 1. The fraction of sp³-hybridized carbons (Fsp3) is 0.500. The molecule has 2 N–H and O–H groups in total. The van der Waals surface area contributed by atoms with Crippen molar-refractivity contribution < 1.29 is 14.6 Å². The highest BCUT2D eigenvalue weighted by molar-refractivity contribution is 5.76. The third-order valence-corrected chi connectivity index (χ3v) is 3.23. The quantitative estimate of drug-likeness (QED) is 0.819. The highest BCUT2D eigenvalue weighted by Crippen LogP contribution is 2.26. The second-order valence-corrected chi connectivity index (χ2v) is 4.53. The monoisotopic (exact) mass is 264 g/mol. The number of hydrogen-bond acceptors (Lipinski definition) is 3. The molecule has 0 aromatic heterocycles. The second-order valence-electron chi connectivity index (χ2n) is 4.53. The minimum atomic E-state index is -0.508. The molecular weight excluding hydrogens is 244 g/mol. The van der Waals surface area contributed by atoms with Crippen LogP contribution in [0.4, 0.5) is 4.79 Å². The van der Waals surface area contributed by atoms with Crippen LogP contribution in [0.5, 0.6) is 5.75 Å². The first-order valence-electron chi connectivity index (χ1n) is 6.65. The van der Waals surface area contributed by atoms with E-state index in [1.807, 2.05) is 31.2 Å². The molecule has 0 radical (unpaired) electrons. The van der Waals surface area contributed by atoms with Crippen molar-refractivity contribution in [2.45, 2.75) is 19.4 Å². The van der Waals surface area contributed by atoms with Gasteiger partial charge in [-0.1, -0.05) is 25.1 Å². The molecule has 0 spiro atoms. The number of nitrogens with zero attached hydrogens (tertiary/aromatic N) is 1. The molecule has 104 valence electrons. The van der Waals surface area contributed by atoms with Gasteiger partial charge in [-0.3, -0.25) is 0 Å². The van der Waals surface area contributed by atoms with Gasteiger partial charge in [-0.15, -0.1) is 0 Å². The highest BCUT2D eigenvalue weighted by atomic mass is 16.5. The summed E-state index contributed by atoms with van der Waals surface area (Å²) in [6.45, 7) is 4.34. The summed E-state index contributed by atoms with van der Waals surface area (Å²) < 4.78 is 5.69. The van der Waals surface area contributed by atoms with Gasteiger partial charge >= 0.3 is 6.03 Å². The van der Waals surface area contributed by atoms with Crippen LogP contribution in [0.2, 0.25) is 0 Å². The summed E-state index contributed by atoms with van der Waals surface area (Å²) in [7, 11) is 0. The SMILES string of the molecule is CC[C@@H](O)c1ccccc1OCCN1CCNC1=O. The van der Waals surface area contributed by atoms with Gasteiger partial charge in [0.1, 0.15) is 12.4 Å². The number of ether oxygens (including phenoxy) is 1. The number of carbonyl (C=O) groups is 1. The van der Waals surface area contributed by atoms with Crippen molar-refractivity contribution in [1.82, 2.24) is 10.2 Å². The van der Waals surface area contributed by atoms with Gasteiger partial charge in [-0.05, 0) is 12.5 Å². The smallest absolute Gasteiger partial charge is 0.317 e. The zero-order valence-electron chi connectivity index (χ0n) is 11.1. The molecule has 1 aromatic carbocycles. The second kappa shape index (κ2) is 6.43. The molecule has 5 nitrogen and oxygen atoms in total.